The number of pyridine rings is 1. The van der Waals surface area contributed by atoms with E-state index < -0.39 is 0 Å². The Morgan fingerprint density at radius 3 is 2.31 bits per heavy atom. The van der Waals surface area contributed by atoms with E-state index in [4.69, 9.17) is 5.73 Å². The van der Waals surface area contributed by atoms with Crippen LogP contribution in [0, 0.1) is 16.7 Å². The molecule has 42 heavy (non-hydrogen) atoms. The van der Waals surface area contributed by atoms with Crippen LogP contribution in [0.15, 0.2) is 53.7 Å². The van der Waals surface area contributed by atoms with E-state index in [2.05, 4.69) is 61.0 Å². The molecule has 1 aromatic heterocycles. The van der Waals surface area contributed by atoms with Gasteiger partial charge in [0.15, 0.2) is 11.8 Å². The summed E-state index contributed by atoms with van der Waals surface area (Å²) in [7, 11) is 4.01. The number of hydrogen-bond donors (Lipinski definition) is 2. The van der Waals surface area contributed by atoms with Gasteiger partial charge in [-0.25, -0.2) is 4.98 Å². The van der Waals surface area contributed by atoms with E-state index in [9.17, 15) is 9.59 Å². The van der Waals surface area contributed by atoms with Gasteiger partial charge < -0.3 is 25.8 Å². The Morgan fingerprint density at radius 1 is 1.05 bits per heavy atom. The van der Waals surface area contributed by atoms with Crippen molar-refractivity contribution in [3.05, 3.63) is 59.8 Å². The number of nitrogens with one attached hydrogen (secondary N) is 1. The molecule has 0 unspecified atom stereocenters. The lowest BCUT2D eigenvalue weighted by molar-refractivity contribution is -0.133. The highest BCUT2D eigenvalue weighted by Crippen LogP contribution is 2.68. The molecule has 0 atom stereocenters. The normalized spacial score (nSPS) is 21.0. The molecule has 2 aliphatic heterocycles. The second-order valence-corrected chi connectivity index (χ2v) is 13.2. The average molecular weight is 572 g/mol. The van der Waals surface area contributed by atoms with Crippen LogP contribution >= 0.6 is 0 Å². The van der Waals surface area contributed by atoms with Gasteiger partial charge in [0.05, 0.1) is 0 Å². The smallest absolute Gasteiger partial charge is 0.253 e. The number of benzene rings is 1. The van der Waals surface area contributed by atoms with Crippen molar-refractivity contribution >= 4 is 34.9 Å². The van der Waals surface area contributed by atoms with Crippen LogP contribution in [0.4, 0.5) is 11.5 Å². The van der Waals surface area contributed by atoms with Crippen molar-refractivity contribution in [2.45, 2.75) is 53.0 Å². The molecule has 9 heteroatoms. The number of aromatic nitrogens is 1. The summed E-state index contributed by atoms with van der Waals surface area (Å²) in [6, 6.07) is 11.5. The van der Waals surface area contributed by atoms with Gasteiger partial charge in [0.2, 0.25) is 5.91 Å². The van der Waals surface area contributed by atoms with E-state index >= 15 is 0 Å². The minimum atomic E-state index is 0.0291. The first-order chi connectivity index (χ1) is 19.9. The number of carbonyl (C=O) groups excluding carboxylic acids is 2. The number of hydrogen-bond acceptors (Lipinski definition) is 5. The van der Waals surface area contributed by atoms with Crippen LogP contribution in [-0.4, -0.2) is 83.8 Å². The minimum Gasteiger partial charge on any atom is -0.369 e. The van der Waals surface area contributed by atoms with E-state index in [1.165, 1.54) is 0 Å². The first-order valence-electron chi connectivity index (χ1n) is 15.0. The van der Waals surface area contributed by atoms with Crippen molar-refractivity contribution in [3.63, 3.8) is 0 Å². The molecule has 2 aromatic rings. The highest BCUT2D eigenvalue weighted by atomic mass is 16.2. The fourth-order valence-corrected chi connectivity index (χ4v) is 6.58. The Labute approximate surface area is 249 Å². The van der Waals surface area contributed by atoms with Crippen LogP contribution in [-0.2, 0) is 4.79 Å². The molecule has 0 spiro atoms. The molecule has 0 bridgehead atoms. The van der Waals surface area contributed by atoms with Crippen LogP contribution in [0.2, 0.25) is 0 Å². The zero-order valence-corrected chi connectivity index (χ0v) is 25.9. The molecule has 1 saturated carbocycles. The molecular weight excluding hydrogens is 526 g/mol. The van der Waals surface area contributed by atoms with Gasteiger partial charge in [0.1, 0.15) is 0 Å². The number of guanidine groups is 1. The van der Waals surface area contributed by atoms with Gasteiger partial charge in [-0.2, -0.15) is 4.99 Å². The molecule has 224 valence electrons. The number of carbonyl (C=O) groups is 2. The maximum atomic E-state index is 13.2. The summed E-state index contributed by atoms with van der Waals surface area (Å²) in [6.45, 7) is 12.0. The molecule has 5 rings (SSSR count). The number of nitrogens with zero attached hydrogens (tertiary/aromatic N) is 5. The van der Waals surface area contributed by atoms with Crippen molar-refractivity contribution in [1.82, 2.24) is 19.7 Å². The summed E-state index contributed by atoms with van der Waals surface area (Å²) in [5, 5.41) is 3.13. The number of likely N-dealkylation sites (tertiary alicyclic amines) is 1. The molecule has 2 fully saturated rings. The molecule has 9 nitrogen and oxygen atoms in total. The number of amides is 2. The molecule has 1 saturated heterocycles. The number of nitrogens with two attached hydrogens (primary N) is 1. The van der Waals surface area contributed by atoms with Gasteiger partial charge in [-0.3, -0.25) is 9.59 Å². The maximum absolute atomic E-state index is 13.2. The predicted octanol–water partition coefficient (Wildman–Crippen LogP) is 4.60. The summed E-state index contributed by atoms with van der Waals surface area (Å²) >= 11 is 0. The molecule has 1 aliphatic carbocycles. The standard InChI is InChI=1S/C33H45N7O2/c1-32(2)27(33(32,3)4)30(42)40-20-13-22(14-21-40)26-8-7-17-35-28(26)37-31(34)36-24-11-9-23(10-12-24)29(41)39(6)25-15-18-38(5)19-16-25/h7-13,17,25,27H,14-16,18-21H2,1-6H3,(H3,34,35,36,37). The van der Waals surface area contributed by atoms with Crippen LogP contribution in [0.1, 0.15) is 62.9 Å². The maximum Gasteiger partial charge on any atom is 0.253 e. The topological polar surface area (TPSA) is 107 Å². The third-order valence-corrected chi connectivity index (χ3v) is 10.1. The van der Waals surface area contributed by atoms with E-state index in [-0.39, 0.29) is 40.6 Å². The first-order valence-corrected chi connectivity index (χ1v) is 15.0. The van der Waals surface area contributed by atoms with Crippen molar-refractivity contribution in [3.8, 4) is 0 Å². The van der Waals surface area contributed by atoms with Crippen molar-refractivity contribution in [1.29, 1.82) is 0 Å². The summed E-state index contributed by atoms with van der Waals surface area (Å²) in [6.07, 6.45) is 6.54. The highest BCUT2D eigenvalue weighted by molar-refractivity contribution is 5.97. The number of piperidine rings is 1. The van der Waals surface area contributed by atoms with Gasteiger partial charge in [0, 0.05) is 55.1 Å². The van der Waals surface area contributed by atoms with E-state index in [1.807, 2.05) is 53.2 Å². The number of aliphatic imine (C=N–C) groups is 1. The largest absolute Gasteiger partial charge is 0.369 e. The molecule has 1 aromatic carbocycles. The third kappa shape index (κ3) is 5.79. The van der Waals surface area contributed by atoms with Crippen LogP contribution in [0.3, 0.4) is 0 Å². The fourth-order valence-electron chi connectivity index (χ4n) is 6.58. The van der Waals surface area contributed by atoms with Gasteiger partial charge in [-0.05, 0) is 92.2 Å². The number of anilines is 1. The zero-order valence-electron chi connectivity index (χ0n) is 25.9. The Hall–Kier alpha value is -3.72. The lowest BCUT2D eigenvalue weighted by Crippen LogP contribution is -2.44. The third-order valence-electron chi connectivity index (χ3n) is 10.1. The summed E-state index contributed by atoms with van der Waals surface area (Å²) in [5.74, 6) is 1.09. The molecular formula is C33H45N7O2. The summed E-state index contributed by atoms with van der Waals surface area (Å²) in [4.78, 5) is 41.5. The van der Waals surface area contributed by atoms with Crippen molar-refractivity contribution in [2.75, 3.05) is 45.6 Å². The quantitative estimate of drug-likeness (QED) is 0.388. The summed E-state index contributed by atoms with van der Waals surface area (Å²) < 4.78 is 0. The SMILES string of the molecule is CN1CCC(N(C)C(=O)c2ccc(NC(N)=Nc3ncccc3C3=CCN(C(=O)C4C(C)(C)C4(C)C)CC3)cc2)CC1. The average Bonchev–Trinajstić information content (AvgIpc) is 3.40. The second-order valence-electron chi connectivity index (χ2n) is 13.2. The molecule has 3 N–H and O–H groups in total. The van der Waals surface area contributed by atoms with Gasteiger partial charge in [-0.1, -0.05) is 33.8 Å². The highest BCUT2D eigenvalue weighted by Gasteiger charge is 2.68. The van der Waals surface area contributed by atoms with Crippen LogP contribution in [0.5, 0.6) is 0 Å². The Balaban J connectivity index is 1.22. The zero-order chi connectivity index (χ0) is 30.2. The number of rotatable bonds is 6. The Bertz CT molecular complexity index is 1370. The lowest BCUT2D eigenvalue weighted by atomic mass is 9.99. The predicted molar refractivity (Wildman–Crippen MR) is 168 cm³/mol. The van der Waals surface area contributed by atoms with Crippen molar-refractivity contribution < 1.29 is 9.59 Å². The molecule has 3 aliphatic rings. The fraction of sp³-hybridized carbons (Fsp3) is 0.515. The van der Waals surface area contributed by atoms with Gasteiger partial charge in [-0.15, -0.1) is 0 Å². The first kappa shape index (κ1) is 29.8. The summed E-state index contributed by atoms with van der Waals surface area (Å²) in [5.41, 5.74) is 9.77. The van der Waals surface area contributed by atoms with Gasteiger partial charge >= 0.3 is 0 Å². The molecule has 2 amide bonds. The lowest BCUT2D eigenvalue weighted by Gasteiger charge is -2.35. The Morgan fingerprint density at radius 2 is 1.71 bits per heavy atom. The van der Waals surface area contributed by atoms with E-state index in [0.717, 1.165) is 49.2 Å². The Kier molecular flexibility index (Phi) is 8.16. The molecule has 3 heterocycles. The van der Waals surface area contributed by atoms with Crippen molar-refractivity contribution in [2.24, 2.45) is 27.5 Å². The van der Waals surface area contributed by atoms with Gasteiger partial charge in [0.25, 0.3) is 5.91 Å². The van der Waals surface area contributed by atoms with Crippen LogP contribution in [0.25, 0.3) is 5.57 Å². The van der Waals surface area contributed by atoms with Crippen LogP contribution < -0.4 is 11.1 Å². The van der Waals surface area contributed by atoms with E-state index in [0.29, 0.717) is 24.5 Å². The molecule has 0 radical (unpaired) electrons. The van der Waals surface area contributed by atoms with E-state index in [1.54, 1.807) is 6.20 Å². The second kappa shape index (κ2) is 11.5. The monoisotopic (exact) mass is 571 g/mol. The minimum absolute atomic E-state index is 0.0291.